The second-order valence-electron chi connectivity index (χ2n) is 13.6. The van der Waals surface area contributed by atoms with E-state index in [1.807, 2.05) is 30.3 Å². The normalized spacial score (nSPS) is 37.6. The first-order valence-electron chi connectivity index (χ1n) is 15.5. The molecular formula is C34H44N2O10. The molecule has 2 saturated carbocycles. The molecule has 4 N–H and O–H groups in total. The number of benzene rings is 1. The average molecular weight is 641 g/mol. The van der Waals surface area contributed by atoms with Gasteiger partial charge < -0.3 is 39.3 Å². The zero-order valence-electron chi connectivity index (χ0n) is 27.1. The monoisotopic (exact) mass is 640 g/mol. The van der Waals surface area contributed by atoms with Gasteiger partial charge in [0.2, 0.25) is 0 Å². The number of ketones is 1. The van der Waals surface area contributed by atoms with Gasteiger partial charge >= 0.3 is 11.9 Å². The number of aromatic nitrogens is 2. The van der Waals surface area contributed by atoms with Crippen LogP contribution in [-0.4, -0.2) is 91.3 Å². The summed E-state index contributed by atoms with van der Waals surface area (Å²) in [5.74, 6) is -3.09. The van der Waals surface area contributed by atoms with Gasteiger partial charge in [0.05, 0.1) is 43.3 Å². The number of fused-ring (bicyclic) bond motifs is 5. The van der Waals surface area contributed by atoms with Crippen LogP contribution in [0, 0.1) is 16.7 Å². The molecular weight excluding hydrogens is 596 g/mol. The first-order valence-corrected chi connectivity index (χ1v) is 15.5. The number of nitrogens with one attached hydrogen (secondary N) is 1. The number of Topliss-reactive ketones (excluding diaryl/α,β-unsaturated/α-hetero) is 1. The molecule has 250 valence electrons. The zero-order chi connectivity index (χ0) is 33.7. The molecule has 2 bridgehead atoms. The van der Waals surface area contributed by atoms with Gasteiger partial charge in [-0.1, -0.05) is 44.2 Å². The van der Waals surface area contributed by atoms with Crippen molar-refractivity contribution in [3.63, 3.8) is 0 Å². The highest BCUT2D eigenvalue weighted by Gasteiger charge is 2.77. The Morgan fingerprint density at radius 2 is 1.80 bits per heavy atom. The number of esters is 2. The SMILES string of the molecule is CC(=O)O[C@H]1C(=O)[C@@]2(C)C(C(OCc3ccccc3)[C@]3(O)C[C@H](O)C(C)=C1C3(C)C)[C@]1(OC(C)=O)CO[C@@H]1C[C@@H]2O.c1c[nH]cn1. The number of carbonyl (C=O) groups excluding carboxylic acids is 3. The van der Waals surface area contributed by atoms with E-state index in [0.29, 0.717) is 5.57 Å². The van der Waals surface area contributed by atoms with E-state index in [2.05, 4.69) is 9.97 Å². The van der Waals surface area contributed by atoms with Crippen LogP contribution in [0.4, 0.5) is 0 Å². The van der Waals surface area contributed by atoms with Gasteiger partial charge in [-0.25, -0.2) is 4.98 Å². The van der Waals surface area contributed by atoms with E-state index in [4.69, 9.17) is 18.9 Å². The van der Waals surface area contributed by atoms with Gasteiger partial charge in [-0.3, -0.25) is 14.4 Å². The van der Waals surface area contributed by atoms with Crippen LogP contribution in [0.1, 0.15) is 59.9 Å². The third-order valence-electron chi connectivity index (χ3n) is 10.6. The molecule has 46 heavy (non-hydrogen) atoms. The van der Waals surface area contributed by atoms with Crippen LogP contribution < -0.4 is 0 Å². The summed E-state index contributed by atoms with van der Waals surface area (Å²) in [6.07, 6.45) is -1.11. The lowest BCUT2D eigenvalue weighted by Crippen LogP contribution is -2.81. The maximum atomic E-state index is 14.8. The van der Waals surface area contributed by atoms with Crippen molar-refractivity contribution in [3.8, 4) is 0 Å². The third-order valence-corrected chi connectivity index (χ3v) is 10.6. The number of nitrogens with zero attached hydrogens (tertiary/aromatic N) is 1. The topological polar surface area (TPSA) is 178 Å². The molecule has 0 radical (unpaired) electrons. The van der Waals surface area contributed by atoms with Gasteiger partial charge in [0.25, 0.3) is 0 Å². The van der Waals surface area contributed by atoms with E-state index >= 15 is 0 Å². The van der Waals surface area contributed by atoms with E-state index in [1.54, 1.807) is 46.4 Å². The average Bonchev–Trinajstić information content (AvgIpc) is 3.58. The van der Waals surface area contributed by atoms with Gasteiger partial charge in [-0.05, 0) is 30.6 Å². The van der Waals surface area contributed by atoms with Crippen LogP contribution in [0.25, 0.3) is 0 Å². The molecule has 6 rings (SSSR count). The van der Waals surface area contributed by atoms with Crippen molar-refractivity contribution in [2.24, 2.45) is 16.7 Å². The highest BCUT2D eigenvalue weighted by atomic mass is 16.6. The van der Waals surface area contributed by atoms with E-state index in [1.165, 1.54) is 13.8 Å². The third kappa shape index (κ3) is 5.29. The quantitative estimate of drug-likeness (QED) is 0.279. The van der Waals surface area contributed by atoms with Crippen LogP contribution in [0.3, 0.4) is 0 Å². The predicted molar refractivity (Wildman–Crippen MR) is 163 cm³/mol. The molecule has 9 atom stereocenters. The minimum Gasteiger partial charge on any atom is -0.454 e. The van der Waals surface area contributed by atoms with Crippen LogP contribution >= 0.6 is 0 Å². The predicted octanol–water partition coefficient (Wildman–Crippen LogP) is 2.42. The van der Waals surface area contributed by atoms with Crippen LogP contribution in [0.15, 0.2) is 60.2 Å². The number of carbonyl (C=O) groups is 3. The fraction of sp³-hybridized carbons (Fsp3) is 0.588. The molecule has 2 unspecified atom stereocenters. The summed E-state index contributed by atoms with van der Waals surface area (Å²) in [7, 11) is 0. The molecule has 1 aliphatic heterocycles. The number of imidazole rings is 1. The number of aliphatic hydroxyl groups is 3. The number of ether oxygens (including phenoxy) is 4. The van der Waals surface area contributed by atoms with Crippen molar-refractivity contribution in [1.29, 1.82) is 0 Å². The molecule has 1 aromatic heterocycles. The van der Waals surface area contributed by atoms with Gasteiger partial charge in [0.1, 0.15) is 11.7 Å². The second kappa shape index (κ2) is 12.3. The lowest BCUT2D eigenvalue weighted by Gasteiger charge is -2.67. The Balaban J connectivity index is 0.000000760. The maximum Gasteiger partial charge on any atom is 0.303 e. The highest BCUT2D eigenvalue weighted by Crippen LogP contribution is 2.64. The summed E-state index contributed by atoms with van der Waals surface area (Å²) in [5, 5.41) is 35.9. The Hall–Kier alpha value is -3.42. The molecule has 4 aliphatic rings. The summed E-state index contributed by atoms with van der Waals surface area (Å²) in [6.45, 7) is 9.06. The molecule has 3 aliphatic carbocycles. The molecule has 12 nitrogen and oxygen atoms in total. The van der Waals surface area contributed by atoms with Crippen molar-refractivity contribution in [2.45, 2.75) is 103 Å². The van der Waals surface area contributed by atoms with Crippen LogP contribution in [-0.2, 0) is 39.9 Å². The first-order chi connectivity index (χ1) is 21.6. The van der Waals surface area contributed by atoms with E-state index < -0.39 is 76.2 Å². The van der Waals surface area contributed by atoms with Gasteiger partial charge in [0.15, 0.2) is 17.5 Å². The van der Waals surface area contributed by atoms with Gasteiger partial charge in [0, 0.05) is 50.4 Å². The number of rotatable bonds is 5. The number of hydrogen-bond donors (Lipinski definition) is 4. The molecule has 1 aromatic carbocycles. The maximum absolute atomic E-state index is 14.8. The molecule has 2 heterocycles. The zero-order valence-corrected chi connectivity index (χ0v) is 27.1. The standard InChI is InChI=1S/C31H40O10.C3H4N2/c1-16-20(34)13-31(37)27(38-14-19-10-8-7-9-11-19)25-29(6,21(35)12-22-30(25,15-39-22)41-18(3)33)26(36)24(40-17(2)32)23(16)28(31,4)5;1-2-5-3-4-1/h7-11,20-22,24-25,27,34-35,37H,12-15H2,1-6H3;1-3H,(H,4,5)/t20-,21-,22+,24+,25?,27?,29+,30-,31+;/m0./s1. The van der Waals surface area contributed by atoms with E-state index in [9.17, 15) is 29.7 Å². The van der Waals surface area contributed by atoms with E-state index in [-0.39, 0.29) is 31.6 Å². The molecule has 3 fully saturated rings. The Labute approximate surface area is 268 Å². The minimum absolute atomic E-state index is 0.0211. The number of aliphatic hydroxyl groups excluding tert-OH is 2. The van der Waals surface area contributed by atoms with Crippen molar-refractivity contribution >= 4 is 17.7 Å². The lowest BCUT2D eigenvalue weighted by atomic mass is 9.44. The molecule has 0 spiro atoms. The lowest BCUT2D eigenvalue weighted by molar-refractivity contribution is -0.351. The molecule has 1 saturated heterocycles. The highest BCUT2D eigenvalue weighted by molar-refractivity contribution is 5.95. The Kier molecular flexibility index (Phi) is 9.08. The summed E-state index contributed by atoms with van der Waals surface area (Å²) in [4.78, 5) is 46.2. The number of hydrogen-bond acceptors (Lipinski definition) is 11. The molecule has 12 heteroatoms. The van der Waals surface area contributed by atoms with Gasteiger partial charge in [-0.2, -0.15) is 0 Å². The second-order valence-corrected chi connectivity index (χ2v) is 13.6. The van der Waals surface area contributed by atoms with Gasteiger partial charge in [-0.15, -0.1) is 0 Å². The van der Waals surface area contributed by atoms with Crippen molar-refractivity contribution < 1.29 is 48.7 Å². The van der Waals surface area contributed by atoms with Crippen molar-refractivity contribution in [2.75, 3.05) is 6.61 Å². The van der Waals surface area contributed by atoms with Crippen LogP contribution in [0.2, 0.25) is 0 Å². The summed E-state index contributed by atoms with van der Waals surface area (Å²) >= 11 is 0. The largest absolute Gasteiger partial charge is 0.454 e. The summed E-state index contributed by atoms with van der Waals surface area (Å²) in [6, 6.07) is 9.28. The molecule has 2 aromatic rings. The number of H-pyrrole nitrogens is 1. The smallest absolute Gasteiger partial charge is 0.303 e. The van der Waals surface area contributed by atoms with Crippen molar-refractivity contribution in [3.05, 3.63) is 65.8 Å². The van der Waals surface area contributed by atoms with E-state index in [0.717, 1.165) is 5.56 Å². The fourth-order valence-corrected chi connectivity index (χ4v) is 8.19. The Morgan fingerprint density at radius 3 is 2.33 bits per heavy atom. The Bertz CT molecular complexity index is 1460. The van der Waals surface area contributed by atoms with Crippen molar-refractivity contribution in [1.82, 2.24) is 9.97 Å². The fourth-order valence-electron chi connectivity index (χ4n) is 8.19. The number of aromatic amines is 1. The molecule has 0 amide bonds. The first kappa shape index (κ1) is 33.9. The van der Waals surface area contributed by atoms with Crippen LogP contribution in [0.5, 0.6) is 0 Å². The Morgan fingerprint density at radius 1 is 1.11 bits per heavy atom. The minimum atomic E-state index is -1.87. The summed E-state index contributed by atoms with van der Waals surface area (Å²) < 4.78 is 24.1. The summed E-state index contributed by atoms with van der Waals surface area (Å²) in [5.41, 5.74) is -4.80.